The van der Waals surface area contributed by atoms with Crippen LogP contribution < -0.4 is 10.4 Å². The van der Waals surface area contributed by atoms with Gasteiger partial charge in [-0.1, -0.05) is 81.4 Å². The van der Waals surface area contributed by atoms with Crippen molar-refractivity contribution in [2.45, 2.75) is 76.5 Å². The number of aromatic nitrogens is 2. The molecule has 2 aromatic carbocycles. The second kappa shape index (κ2) is 9.49. The average molecular weight is 461 g/mol. The lowest BCUT2D eigenvalue weighted by Crippen LogP contribution is -2.66. The molecule has 0 unspecified atom stereocenters. The summed E-state index contributed by atoms with van der Waals surface area (Å²) >= 11 is 0. The van der Waals surface area contributed by atoms with Crippen LogP contribution in [0.2, 0.25) is 5.04 Å². The van der Waals surface area contributed by atoms with Gasteiger partial charge >= 0.3 is 0 Å². The maximum atomic E-state index is 10.3. The first kappa shape index (κ1) is 23.8. The molecule has 1 fully saturated rings. The molecule has 5 heteroatoms. The number of aliphatic hydroxyl groups is 1. The molecule has 0 spiro atoms. The largest absolute Gasteiger partial charge is 0.401 e. The Morgan fingerprint density at radius 2 is 1.48 bits per heavy atom. The number of nitrogens with zero attached hydrogens (tertiary/aromatic N) is 2. The van der Waals surface area contributed by atoms with E-state index in [4.69, 9.17) is 9.41 Å². The van der Waals surface area contributed by atoms with Gasteiger partial charge in [0.1, 0.15) is 5.82 Å². The zero-order chi connectivity index (χ0) is 23.5. The van der Waals surface area contributed by atoms with E-state index in [1.165, 1.54) is 10.4 Å². The molecule has 1 aliphatic carbocycles. The van der Waals surface area contributed by atoms with E-state index in [0.717, 1.165) is 37.2 Å². The van der Waals surface area contributed by atoms with Crippen LogP contribution in [0.4, 0.5) is 0 Å². The highest BCUT2D eigenvalue weighted by molar-refractivity contribution is 6.99. The lowest BCUT2D eigenvalue weighted by Gasteiger charge is -2.43. The molecule has 1 N–H and O–H groups in total. The average Bonchev–Trinajstić information content (AvgIpc) is 2.80. The highest BCUT2D eigenvalue weighted by atomic mass is 28.4. The summed E-state index contributed by atoms with van der Waals surface area (Å²) in [5, 5.41) is 12.8. The standard InChI is InChI=1S/C28H36N2O2Si/c1-27(2,3)33(24-11-7-5-8-12-24,25-13-9-6-10-14-25)32-21-23-17-20-29-26(30-23)22-15-18-28(4,31)19-16-22/h5-14,17,20,22,31H,15-16,18-19,21H2,1-4H3. The van der Waals surface area contributed by atoms with Crippen LogP contribution in [0.15, 0.2) is 72.9 Å². The van der Waals surface area contributed by atoms with Gasteiger partial charge in [0.05, 0.1) is 17.9 Å². The van der Waals surface area contributed by atoms with Gasteiger partial charge in [-0.25, -0.2) is 9.97 Å². The van der Waals surface area contributed by atoms with E-state index in [1.807, 2.05) is 19.2 Å². The van der Waals surface area contributed by atoms with Crippen molar-refractivity contribution in [1.29, 1.82) is 0 Å². The van der Waals surface area contributed by atoms with Crippen molar-refractivity contribution in [3.05, 3.63) is 84.4 Å². The molecule has 0 saturated heterocycles. The van der Waals surface area contributed by atoms with E-state index in [0.29, 0.717) is 12.5 Å². The van der Waals surface area contributed by atoms with Gasteiger partial charge in [-0.15, -0.1) is 0 Å². The normalized spacial score (nSPS) is 21.7. The van der Waals surface area contributed by atoms with Crippen molar-refractivity contribution >= 4 is 18.7 Å². The van der Waals surface area contributed by atoms with Crippen molar-refractivity contribution in [2.24, 2.45) is 0 Å². The minimum Gasteiger partial charge on any atom is -0.401 e. The summed E-state index contributed by atoms with van der Waals surface area (Å²) in [6, 6.07) is 23.4. The van der Waals surface area contributed by atoms with E-state index in [2.05, 4.69) is 86.4 Å². The molecule has 3 aromatic rings. The Hall–Kier alpha value is -2.34. The van der Waals surface area contributed by atoms with Crippen LogP contribution in [0.25, 0.3) is 0 Å². The van der Waals surface area contributed by atoms with E-state index in [9.17, 15) is 5.11 Å². The van der Waals surface area contributed by atoms with E-state index >= 15 is 0 Å². The van der Waals surface area contributed by atoms with Crippen LogP contribution in [0.1, 0.15) is 70.8 Å². The Labute approximate surface area is 199 Å². The molecular weight excluding hydrogens is 424 g/mol. The van der Waals surface area contributed by atoms with Crippen molar-refractivity contribution in [1.82, 2.24) is 9.97 Å². The summed E-state index contributed by atoms with van der Waals surface area (Å²) < 4.78 is 7.04. The molecule has 0 bridgehead atoms. The summed E-state index contributed by atoms with van der Waals surface area (Å²) in [7, 11) is -2.60. The number of hydrogen-bond acceptors (Lipinski definition) is 4. The summed E-state index contributed by atoms with van der Waals surface area (Å²) in [5.41, 5.74) is 0.367. The lowest BCUT2D eigenvalue weighted by molar-refractivity contribution is 0.0164. The summed E-state index contributed by atoms with van der Waals surface area (Å²) in [6.07, 6.45) is 5.30. The third kappa shape index (κ3) is 5.11. The van der Waals surface area contributed by atoms with E-state index in [1.54, 1.807) is 0 Å². The molecule has 33 heavy (non-hydrogen) atoms. The van der Waals surface area contributed by atoms with Crippen molar-refractivity contribution in [3.63, 3.8) is 0 Å². The molecule has 174 valence electrons. The Morgan fingerprint density at radius 1 is 0.939 bits per heavy atom. The van der Waals surface area contributed by atoms with Gasteiger partial charge in [0.15, 0.2) is 0 Å². The molecule has 4 rings (SSSR count). The van der Waals surface area contributed by atoms with Crippen molar-refractivity contribution in [3.8, 4) is 0 Å². The monoisotopic (exact) mass is 460 g/mol. The second-order valence-corrected chi connectivity index (χ2v) is 14.9. The topological polar surface area (TPSA) is 55.2 Å². The molecule has 0 radical (unpaired) electrons. The molecular formula is C28H36N2O2Si. The van der Waals surface area contributed by atoms with Crippen LogP contribution >= 0.6 is 0 Å². The smallest absolute Gasteiger partial charge is 0.261 e. The summed E-state index contributed by atoms with van der Waals surface area (Å²) in [6.45, 7) is 9.25. The van der Waals surface area contributed by atoms with Crippen LogP contribution in [-0.4, -0.2) is 29.0 Å². The Balaban J connectivity index is 1.65. The summed E-state index contributed by atoms with van der Waals surface area (Å²) in [4.78, 5) is 9.50. The van der Waals surface area contributed by atoms with Gasteiger partial charge in [0, 0.05) is 12.1 Å². The van der Waals surface area contributed by atoms with Gasteiger partial charge < -0.3 is 9.53 Å². The minimum absolute atomic E-state index is 0.0689. The van der Waals surface area contributed by atoms with E-state index in [-0.39, 0.29) is 5.04 Å². The van der Waals surface area contributed by atoms with Gasteiger partial charge in [-0.2, -0.15) is 0 Å². The fourth-order valence-electron chi connectivity index (χ4n) is 5.13. The van der Waals surface area contributed by atoms with Crippen molar-refractivity contribution < 1.29 is 9.53 Å². The molecule has 1 aliphatic rings. The minimum atomic E-state index is -2.60. The SMILES string of the molecule is CC1(O)CCC(c2nccc(CO[Si](c3ccccc3)(c3ccccc3)C(C)(C)C)n2)CC1. The molecule has 1 saturated carbocycles. The summed E-state index contributed by atoms with van der Waals surface area (Å²) in [5.74, 6) is 1.19. The van der Waals surface area contributed by atoms with Crippen LogP contribution in [0, 0.1) is 0 Å². The zero-order valence-corrected chi connectivity index (χ0v) is 21.3. The quantitative estimate of drug-likeness (QED) is 0.528. The van der Waals surface area contributed by atoms with Gasteiger partial charge in [0.25, 0.3) is 8.32 Å². The number of hydrogen-bond donors (Lipinski definition) is 1. The first-order chi connectivity index (χ1) is 15.7. The predicted molar refractivity (Wildman–Crippen MR) is 136 cm³/mol. The number of rotatable bonds is 6. The first-order valence-electron chi connectivity index (χ1n) is 12.0. The van der Waals surface area contributed by atoms with Crippen LogP contribution in [0.5, 0.6) is 0 Å². The zero-order valence-electron chi connectivity index (χ0n) is 20.3. The van der Waals surface area contributed by atoms with E-state index < -0.39 is 13.9 Å². The predicted octanol–water partition coefficient (Wildman–Crippen LogP) is 4.96. The molecule has 1 aromatic heterocycles. The maximum absolute atomic E-state index is 10.3. The molecule has 0 amide bonds. The van der Waals surface area contributed by atoms with Gasteiger partial charge in [0.2, 0.25) is 0 Å². The highest BCUT2D eigenvalue weighted by Gasteiger charge is 2.50. The number of benzene rings is 2. The second-order valence-electron chi connectivity index (χ2n) is 10.6. The van der Waals surface area contributed by atoms with Gasteiger partial charge in [-0.3, -0.25) is 0 Å². The van der Waals surface area contributed by atoms with Crippen LogP contribution in [0.3, 0.4) is 0 Å². The Morgan fingerprint density at radius 3 is 2.00 bits per heavy atom. The fraction of sp³-hybridized carbons (Fsp3) is 0.429. The lowest BCUT2D eigenvalue weighted by atomic mass is 9.79. The third-order valence-electron chi connectivity index (χ3n) is 7.01. The third-order valence-corrected chi connectivity index (χ3v) is 12.0. The van der Waals surface area contributed by atoms with Gasteiger partial charge in [-0.05, 0) is 54.1 Å². The molecule has 1 heterocycles. The molecule has 0 atom stereocenters. The maximum Gasteiger partial charge on any atom is 0.261 e. The highest BCUT2D eigenvalue weighted by Crippen LogP contribution is 2.38. The Bertz CT molecular complexity index is 999. The van der Waals surface area contributed by atoms with Crippen LogP contribution in [-0.2, 0) is 11.0 Å². The Kier molecular flexibility index (Phi) is 6.85. The molecule has 4 nitrogen and oxygen atoms in total. The molecule has 0 aliphatic heterocycles. The van der Waals surface area contributed by atoms with Crippen molar-refractivity contribution in [2.75, 3.05) is 0 Å². The fourth-order valence-corrected chi connectivity index (χ4v) is 9.65. The first-order valence-corrected chi connectivity index (χ1v) is 13.9.